The molecule has 0 unspecified atom stereocenters. The Kier molecular flexibility index (Phi) is 7.45. The molecule has 186 valence electrons. The molecule has 0 spiro atoms. The number of hydrogen-bond acceptors (Lipinski definition) is 5. The maximum atomic E-state index is 13.7. The molecule has 0 radical (unpaired) electrons. The molecule has 2 heterocycles. The van der Waals surface area contributed by atoms with Crippen LogP contribution in [0.3, 0.4) is 0 Å². The molecule has 0 aliphatic rings. The summed E-state index contributed by atoms with van der Waals surface area (Å²) in [5.41, 5.74) is 2.63. The molecule has 0 amide bonds. The van der Waals surface area contributed by atoms with Crippen molar-refractivity contribution < 1.29 is 18.4 Å². The molecule has 0 bridgehead atoms. The first-order chi connectivity index (χ1) is 18.0. The monoisotopic (exact) mass is 531 g/mol. The Labute approximate surface area is 224 Å². The molecule has 0 atom stereocenters. The van der Waals surface area contributed by atoms with Gasteiger partial charge in [-0.3, -0.25) is 4.79 Å². The summed E-state index contributed by atoms with van der Waals surface area (Å²) in [4.78, 5) is 18.2. The van der Waals surface area contributed by atoms with Crippen LogP contribution in [0.25, 0.3) is 34.1 Å². The van der Waals surface area contributed by atoms with Gasteiger partial charge in [-0.05, 0) is 79.2 Å². The first kappa shape index (κ1) is 24.9. The van der Waals surface area contributed by atoms with E-state index in [2.05, 4.69) is 11.9 Å². The maximum Gasteiger partial charge on any atom is 0.231 e. The van der Waals surface area contributed by atoms with Crippen LogP contribution in [-0.2, 0) is 0 Å². The number of hydrogen-bond donors (Lipinski definition) is 0. The molecule has 5 nitrogen and oxygen atoms in total. The molecule has 5 aromatic rings. The van der Waals surface area contributed by atoms with E-state index in [0.29, 0.717) is 56.1 Å². The number of ketones is 1. The highest BCUT2D eigenvalue weighted by Crippen LogP contribution is 2.33. The number of oxazole rings is 1. The number of aromatic nitrogens is 1. The highest BCUT2D eigenvalue weighted by molar-refractivity contribution is 6.35. The number of halogens is 2. The molecule has 0 saturated heterocycles. The maximum absolute atomic E-state index is 13.7. The average Bonchev–Trinajstić information content (AvgIpc) is 3.56. The minimum absolute atomic E-state index is 0.202. The van der Waals surface area contributed by atoms with Crippen molar-refractivity contribution in [2.24, 2.45) is 0 Å². The molecule has 0 fully saturated rings. The predicted octanol–water partition coefficient (Wildman–Crippen LogP) is 9.00. The number of benzene rings is 3. The van der Waals surface area contributed by atoms with Gasteiger partial charge in [-0.25, -0.2) is 4.98 Å². The zero-order valence-corrected chi connectivity index (χ0v) is 21.6. The van der Waals surface area contributed by atoms with Gasteiger partial charge < -0.3 is 13.6 Å². The number of carbonyl (C=O) groups is 1. The third kappa shape index (κ3) is 5.63. The van der Waals surface area contributed by atoms with E-state index < -0.39 is 0 Å². The van der Waals surface area contributed by atoms with Crippen LogP contribution in [0.1, 0.15) is 41.8 Å². The second-order valence-electron chi connectivity index (χ2n) is 8.43. The summed E-state index contributed by atoms with van der Waals surface area (Å²) in [5, 5.41) is 1.04. The van der Waals surface area contributed by atoms with E-state index in [4.69, 9.17) is 36.8 Å². The fourth-order valence-electron chi connectivity index (χ4n) is 3.81. The quantitative estimate of drug-likeness (QED) is 0.108. The summed E-state index contributed by atoms with van der Waals surface area (Å²) in [6, 6.07) is 23.1. The molecule has 7 heteroatoms. The normalized spacial score (nSPS) is 11.7. The van der Waals surface area contributed by atoms with Crippen LogP contribution in [-0.4, -0.2) is 17.4 Å². The minimum Gasteiger partial charge on any atom is -0.494 e. The Morgan fingerprint density at radius 1 is 0.973 bits per heavy atom. The summed E-state index contributed by atoms with van der Waals surface area (Å²) >= 11 is 12.5. The van der Waals surface area contributed by atoms with Crippen molar-refractivity contribution in [3.8, 4) is 17.1 Å². The van der Waals surface area contributed by atoms with Gasteiger partial charge in [0.25, 0.3) is 0 Å². The van der Waals surface area contributed by atoms with Crippen molar-refractivity contribution in [3.05, 3.63) is 106 Å². The van der Waals surface area contributed by atoms with Gasteiger partial charge in [0.2, 0.25) is 5.89 Å². The average molecular weight is 532 g/mol. The first-order valence-electron chi connectivity index (χ1n) is 11.9. The highest BCUT2D eigenvalue weighted by atomic mass is 35.5. The topological polar surface area (TPSA) is 65.5 Å². The standard InChI is InChI=1S/C30H23Cl2NO4/c1-2-3-16-35-21-11-8-19(9-12-21)29(34)24(30-33-26-6-4-5-7-28(26)37-30)18-22-13-15-27(36-22)23-17-20(31)10-14-25(23)32/h4-15,17-18H,2-3,16H2,1H3. The largest absolute Gasteiger partial charge is 0.494 e. The SMILES string of the molecule is CCCCOc1ccc(C(=O)C(=Cc2ccc(-c3cc(Cl)ccc3Cl)o2)c2nc3ccccc3o2)cc1. The van der Waals surface area contributed by atoms with Crippen molar-refractivity contribution >= 4 is 51.7 Å². The molecule has 2 aromatic heterocycles. The second kappa shape index (κ2) is 11.1. The fraction of sp³-hybridized carbons (Fsp3) is 0.133. The second-order valence-corrected chi connectivity index (χ2v) is 9.27. The van der Waals surface area contributed by atoms with Gasteiger partial charge in [-0.15, -0.1) is 0 Å². The van der Waals surface area contributed by atoms with Crippen LogP contribution < -0.4 is 4.74 Å². The Bertz CT molecular complexity index is 1550. The van der Waals surface area contributed by atoms with Crippen LogP contribution in [0.5, 0.6) is 5.75 Å². The smallest absolute Gasteiger partial charge is 0.231 e. The predicted molar refractivity (Wildman–Crippen MR) is 147 cm³/mol. The van der Waals surface area contributed by atoms with Crippen molar-refractivity contribution in [1.29, 1.82) is 0 Å². The molecule has 0 N–H and O–H groups in total. The number of fused-ring (bicyclic) bond motifs is 1. The van der Waals surface area contributed by atoms with Gasteiger partial charge >= 0.3 is 0 Å². The van der Waals surface area contributed by atoms with E-state index in [1.54, 1.807) is 60.7 Å². The van der Waals surface area contributed by atoms with E-state index >= 15 is 0 Å². The number of rotatable bonds is 9. The Morgan fingerprint density at radius 2 is 1.78 bits per heavy atom. The number of Topliss-reactive ketones (excluding diaryl/α,β-unsaturated/α-hetero) is 1. The van der Waals surface area contributed by atoms with Gasteiger partial charge in [-0.1, -0.05) is 48.7 Å². The van der Waals surface area contributed by atoms with Crippen molar-refractivity contribution in [1.82, 2.24) is 4.98 Å². The summed E-state index contributed by atoms with van der Waals surface area (Å²) in [6.45, 7) is 2.74. The molecule has 0 aliphatic carbocycles. The molecular formula is C30H23Cl2NO4. The van der Waals surface area contributed by atoms with E-state index in [1.807, 2.05) is 24.3 Å². The van der Waals surface area contributed by atoms with Gasteiger partial charge in [0.05, 0.1) is 17.2 Å². The zero-order valence-electron chi connectivity index (χ0n) is 20.0. The molecule has 37 heavy (non-hydrogen) atoms. The third-order valence-corrected chi connectivity index (χ3v) is 6.32. The Hall–Kier alpha value is -3.80. The number of unbranched alkanes of at least 4 members (excludes halogenated alkanes) is 1. The number of furan rings is 1. The number of allylic oxidation sites excluding steroid dienone is 1. The minimum atomic E-state index is -0.259. The third-order valence-electron chi connectivity index (χ3n) is 5.76. The Balaban J connectivity index is 1.52. The fourth-order valence-corrected chi connectivity index (χ4v) is 4.19. The summed E-state index contributed by atoms with van der Waals surface area (Å²) in [6.07, 6.45) is 3.64. The lowest BCUT2D eigenvalue weighted by atomic mass is 10.0. The van der Waals surface area contributed by atoms with Gasteiger partial charge in [0.1, 0.15) is 22.8 Å². The summed E-state index contributed by atoms with van der Waals surface area (Å²) < 4.78 is 17.7. The van der Waals surface area contributed by atoms with Crippen LogP contribution >= 0.6 is 23.2 Å². The number of para-hydroxylation sites is 2. The van der Waals surface area contributed by atoms with E-state index in [9.17, 15) is 4.79 Å². The van der Waals surface area contributed by atoms with Gasteiger partial charge in [0, 0.05) is 16.1 Å². The van der Waals surface area contributed by atoms with Crippen molar-refractivity contribution in [2.45, 2.75) is 19.8 Å². The van der Waals surface area contributed by atoms with Gasteiger partial charge in [-0.2, -0.15) is 0 Å². The van der Waals surface area contributed by atoms with Crippen molar-refractivity contribution in [2.75, 3.05) is 6.61 Å². The van der Waals surface area contributed by atoms with Crippen LogP contribution in [0.15, 0.2) is 87.7 Å². The molecule has 0 saturated carbocycles. The van der Waals surface area contributed by atoms with E-state index in [-0.39, 0.29) is 17.2 Å². The molecule has 3 aromatic carbocycles. The number of carbonyl (C=O) groups excluding carboxylic acids is 1. The first-order valence-corrected chi connectivity index (χ1v) is 12.7. The van der Waals surface area contributed by atoms with Crippen LogP contribution in [0.2, 0.25) is 10.0 Å². The van der Waals surface area contributed by atoms with Crippen LogP contribution in [0.4, 0.5) is 0 Å². The number of ether oxygens (including phenoxy) is 1. The van der Waals surface area contributed by atoms with E-state index in [1.165, 1.54) is 0 Å². The van der Waals surface area contributed by atoms with E-state index in [0.717, 1.165) is 12.8 Å². The summed E-state index contributed by atoms with van der Waals surface area (Å²) in [7, 11) is 0. The zero-order chi connectivity index (χ0) is 25.8. The summed E-state index contributed by atoms with van der Waals surface area (Å²) in [5.74, 6) is 1.62. The van der Waals surface area contributed by atoms with Crippen molar-refractivity contribution in [3.63, 3.8) is 0 Å². The molecular weight excluding hydrogens is 509 g/mol. The molecule has 0 aliphatic heterocycles. The lowest BCUT2D eigenvalue weighted by molar-refractivity contribution is 0.105. The Morgan fingerprint density at radius 3 is 2.57 bits per heavy atom. The lowest BCUT2D eigenvalue weighted by Crippen LogP contribution is -2.04. The lowest BCUT2D eigenvalue weighted by Gasteiger charge is -2.07. The number of nitrogens with zero attached hydrogens (tertiary/aromatic N) is 1. The van der Waals surface area contributed by atoms with Gasteiger partial charge in [0.15, 0.2) is 11.4 Å². The molecule has 5 rings (SSSR count). The van der Waals surface area contributed by atoms with Crippen LogP contribution in [0, 0.1) is 0 Å². The highest BCUT2D eigenvalue weighted by Gasteiger charge is 2.21.